The standard InChI is InChI=1S/C23H20F3N3O2.CH2O2/c1-2-31-20-13-17(23(24,25)26)21-18(30)14-19(27-15-9-5-3-6-10-15)29(22(21)28-20)16-11-7-4-8-12-16;2-1-3/h4-5,7-14,27H,2-3,6H2,1H3;1H,(H,2,3). The summed E-state index contributed by atoms with van der Waals surface area (Å²) in [6.07, 6.45) is 2.81. The van der Waals surface area contributed by atoms with E-state index in [0.717, 1.165) is 24.6 Å². The minimum atomic E-state index is -4.75. The molecule has 34 heavy (non-hydrogen) atoms. The lowest BCUT2D eigenvalue weighted by molar-refractivity contribution is -0.136. The summed E-state index contributed by atoms with van der Waals surface area (Å²) in [6.45, 7) is 1.55. The van der Waals surface area contributed by atoms with Crippen molar-refractivity contribution in [2.24, 2.45) is 0 Å². The minimum absolute atomic E-state index is 0.125. The topological polar surface area (TPSA) is 93.5 Å². The minimum Gasteiger partial charge on any atom is -0.483 e. The van der Waals surface area contributed by atoms with Crippen molar-refractivity contribution in [1.29, 1.82) is 0 Å². The Labute approximate surface area is 192 Å². The molecule has 4 rings (SSSR count). The lowest BCUT2D eigenvalue weighted by atomic mass is 10.1. The van der Waals surface area contributed by atoms with Crippen LogP contribution in [0.25, 0.3) is 16.7 Å². The summed E-state index contributed by atoms with van der Waals surface area (Å²) in [7, 11) is 0. The molecule has 0 fully saturated rings. The van der Waals surface area contributed by atoms with Gasteiger partial charge >= 0.3 is 6.18 Å². The summed E-state index contributed by atoms with van der Waals surface area (Å²) in [4.78, 5) is 25.5. The van der Waals surface area contributed by atoms with Crippen LogP contribution in [0.4, 0.5) is 19.0 Å². The molecule has 178 valence electrons. The quantitative estimate of drug-likeness (QED) is 0.498. The molecule has 0 unspecified atom stereocenters. The Morgan fingerprint density at radius 3 is 2.50 bits per heavy atom. The van der Waals surface area contributed by atoms with Crippen LogP contribution in [0.2, 0.25) is 0 Å². The first-order valence-electron chi connectivity index (χ1n) is 10.4. The van der Waals surface area contributed by atoms with Crippen molar-refractivity contribution in [3.8, 4) is 11.6 Å². The maximum atomic E-state index is 13.9. The van der Waals surface area contributed by atoms with Crippen LogP contribution < -0.4 is 15.5 Å². The number of fused-ring (bicyclic) bond motifs is 1. The highest BCUT2D eigenvalue weighted by Crippen LogP contribution is 2.36. The highest BCUT2D eigenvalue weighted by atomic mass is 19.4. The Morgan fingerprint density at radius 1 is 1.21 bits per heavy atom. The van der Waals surface area contributed by atoms with E-state index in [1.165, 1.54) is 10.6 Å². The number of hydrogen-bond donors (Lipinski definition) is 2. The van der Waals surface area contributed by atoms with Gasteiger partial charge in [-0.3, -0.25) is 14.2 Å². The molecule has 2 N–H and O–H groups in total. The van der Waals surface area contributed by atoms with Crippen LogP contribution in [-0.4, -0.2) is 27.7 Å². The number of carboxylic acid groups (broad SMARTS) is 1. The van der Waals surface area contributed by atoms with Gasteiger partial charge in [-0.15, -0.1) is 0 Å². The average molecular weight is 473 g/mol. The number of pyridine rings is 2. The maximum Gasteiger partial charge on any atom is 0.417 e. The van der Waals surface area contributed by atoms with E-state index < -0.39 is 22.6 Å². The highest BCUT2D eigenvalue weighted by molar-refractivity contribution is 5.84. The van der Waals surface area contributed by atoms with Crippen LogP contribution in [-0.2, 0) is 11.0 Å². The molecule has 2 aromatic heterocycles. The number of halogens is 3. The normalized spacial score (nSPS) is 13.0. The number of hydrogen-bond acceptors (Lipinski definition) is 5. The zero-order valence-electron chi connectivity index (χ0n) is 18.2. The van der Waals surface area contributed by atoms with Crippen molar-refractivity contribution in [3.05, 3.63) is 82.2 Å². The molecule has 0 radical (unpaired) electrons. The third-order valence-electron chi connectivity index (χ3n) is 4.82. The van der Waals surface area contributed by atoms with Crippen molar-refractivity contribution in [1.82, 2.24) is 9.55 Å². The van der Waals surface area contributed by atoms with Crippen LogP contribution in [0.1, 0.15) is 25.3 Å². The smallest absolute Gasteiger partial charge is 0.417 e. The van der Waals surface area contributed by atoms with Crippen molar-refractivity contribution >= 4 is 23.3 Å². The van der Waals surface area contributed by atoms with Gasteiger partial charge in [-0.2, -0.15) is 18.2 Å². The number of alkyl halides is 3. The van der Waals surface area contributed by atoms with Gasteiger partial charge in [0.1, 0.15) is 5.82 Å². The van der Waals surface area contributed by atoms with Crippen LogP contribution >= 0.6 is 0 Å². The summed E-state index contributed by atoms with van der Waals surface area (Å²) in [5.74, 6) is 0.121. The van der Waals surface area contributed by atoms with Gasteiger partial charge in [0.2, 0.25) is 5.88 Å². The van der Waals surface area contributed by atoms with Gasteiger partial charge in [-0.05, 0) is 38.0 Å². The molecule has 0 atom stereocenters. The molecule has 7 nitrogen and oxygen atoms in total. The number of nitrogens with one attached hydrogen (secondary N) is 1. The molecule has 0 saturated carbocycles. The molecule has 10 heteroatoms. The molecule has 1 aliphatic carbocycles. The zero-order valence-corrected chi connectivity index (χ0v) is 18.2. The summed E-state index contributed by atoms with van der Waals surface area (Å²) in [6, 6.07) is 10.8. The predicted molar refractivity (Wildman–Crippen MR) is 122 cm³/mol. The first-order valence-corrected chi connectivity index (χ1v) is 10.4. The molecular formula is C24H22F3N3O4. The molecule has 1 aliphatic rings. The van der Waals surface area contributed by atoms with E-state index in [9.17, 15) is 18.0 Å². The molecule has 0 spiro atoms. The fourth-order valence-corrected chi connectivity index (χ4v) is 3.52. The van der Waals surface area contributed by atoms with Gasteiger partial charge in [-0.25, -0.2) is 0 Å². The van der Waals surface area contributed by atoms with E-state index in [-0.39, 0.29) is 24.6 Å². The number of aromatic nitrogens is 2. The first-order chi connectivity index (χ1) is 16.3. The van der Waals surface area contributed by atoms with Gasteiger partial charge in [-0.1, -0.05) is 30.4 Å². The van der Waals surface area contributed by atoms with Crippen molar-refractivity contribution in [2.75, 3.05) is 11.9 Å². The number of para-hydroxylation sites is 1. The van der Waals surface area contributed by atoms with Gasteiger partial charge in [0.15, 0.2) is 11.1 Å². The maximum absolute atomic E-state index is 13.9. The number of nitrogens with zero attached hydrogens (tertiary/aromatic N) is 2. The largest absolute Gasteiger partial charge is 0.483 e. The van der Waals surface area contributed by atoms with E-state index >= 15 is 0 Å². The first kappa shape index (κ1) is 24.6. The molecule has 0 amide bonds. The Balaban J connectivity index is 0.00000103. The Hall–Kier alpha value is -4.08. The van der Waals surface area contributed by atoms with Gasteiger partial charge in [0, 0.05) is 23.5 Å². The van der Waals surface area contributed by atoms with Crippen molar-refractivity contribution in [2.45, 2.75) is 25.9 Å². The molecule has 0 bridgehead atoms. The highest BCUT2D eigenvalue weighted by Gasteiger charge is 2.36. The lowest BCUT2D eigenvalue weighted by Gasteiger charge is -2.21. The van der Waals surface area contributed by atoms with Crippen LogP contribution in [0, 0.1) is 0 Å². The molecule has 0 aliphatic heterocycles. The third kappa shape index (κ3) is 5.45. The monoisotopic (exact) mass is 473 g/mol. The van der Waals surface area contributed by atoms with E-state index in [4.69, 9.17) is 14.6 Å². The summed E-state index contributed by atoms with van der Waals surface area (Å²) in [5.41, 5.74) is -0.650. The lowest BCUT2D eigenvalue weighted by Crippen LogP contribution is -2.19. The zero-order chi connectivity index (χ0) is 24.7. The number of carbonyl (C=O) groups is 1. The predicted octanol–water partition coefficient (Wildman–Crippen LogP) is 5.15. The molecule has 3 aromatic rings. The van der Waals surface area contributed by atoms with Crippen LogP contribution in [0.5, 0.6) is 5.88 Å². The van der Waals surface area contributed by atoms with E-state index in [2.05, 4.69) is 10.3 Å². The fraction of sp³-hybridized carbons (Fsp3) is 0.208. The van der Waals surface area contributed by atoms with E-state index in [1.807, 2.05) is 18.2 Å². The van der Waals surface area contributed by atoms with E-state index in [0.29, 0.717) is 11.5 Å². The van der Waals surface area contributed by atoms with Gasteiger partial charge in [0.25, 0.3) is 6.47 Å². The molecule has 1 aromatic carbocycles. The Morgan fingerprint density at radius 2 is 1.91 bits per heavy atom. The van der Waals surface area contributed by atoms with Crippen molar-refractivity contribution < 1.29 is 27.8 Å². The summed E-state index contributed by atoms with van der Waals surface area (Å²) < 4.78 is 48.4. The fourth-order valence-electron chi connectivity index (χ4n) is 3.52. The average Bonchev–Trinajstić information content (AvgIpc) is 2.80. The number of benzene rings is 1. The second-order valence-electron chi connectivity index (χ2n) is 7.07. The SMILES string of the molecule is CCOc1cc(C(F)(F)F)c2c(=O)cc(NC3=CCCC=C3)n(-c3ccccc3)c2n1.O=CO. The second kappa shape index (κ2) is 10.7. The number of rotatable bonds is 5. The summed E-state index contributed by atoms with van der Waals surface area (Å²) >= 11 is 0. The van der Waals surface area contributed by atoms with Crippen LogP contribution in [0.15, 0.2) is 71.2 Å². The number of allylic oxidation sites excluding steroid dienone is 3. The summed E-state index contributed by atoms with van der Waals surface area (Å²) in [5, 5.41) is 9.55. The van der Waals surface area contributed by atoms with Crippen LogP contribution in [0.3, 0.4) is 0 Å². The molecule has 0 saturated heterocycles. The second-order valence-corrected chi connectivity index (χ2v) is 7.07. The number of anilines is 1. The van der Waals surface area contributed by atoms with Crippen molar-refractivity contribution in [3.63, 3.8) is 0 Å². The molecular weight excluding hydrogens is 451 g/mol. The Bertz CT molecular complexity index is 1280. The van der Waals surface area contributed by atoms with E-state index in [1.54, 1.807) is 37.3 Å². The molecule has 2 heterocycles. The van der Waals surface area contributed by atoms with Gasteiger partial charge < -0.3 is 15.2 Å². The third-order valence-corrected chi connectivity index (χ3v) is 4.82. The van der Waals surface area contributed by atoms with Gasteiger partial charge in [0.05, 0.1) is 17.6 Å². The Kier molecular flexibility index (Phi) is 7.72. The number of ether oxygens (including phenoxy) is 1.